The number of nitrogens with zero attached hydrogens (tertiary/aromatic N) is 1. The predicted octanol–water partition coefficient (Wildman–Crippen LogP) is 6.14. The van der Waals surface area contributed by atoms with Crippen LogP contribution in [0.5, 0.6) is 0 Å². The zero-order valence-electron chi connectivity index (χ0n) is 23.7. The maximum absolute atomic E-state index is 13.9. The van der Waals surface area contributed by atoms with Crippen molar-refractivity contribution >= 4 is 23.6 Å². The molecule has 0 bridgehead atoms. The molecule has 2 rings (SSSR count). The highest BCUT2D eigenvalue weighted by atomic mass is 16.6. The molecule has 0 spiro atoms. The first-order chi connectivity index (χ1) is 17.3. The Balaban J connectivity index is 2.46. The van der Waals surface area contributed by atoms with Crippen molar-refractivity contribution in [3.8, 4) is 0 Å². The van der Waals surface area contributed by atoms with E-state index in [0.29, 0.717) is 6.54 Å². The summed E-state index contributed by atoms with van der Waals surface area (Å²) in [5.41, 5.74) is 4.72. The molecule has 2 aromatic rings. The lowest BCUT2D eigenvalue weighted by atomic mass is 9.96. The van der Waals surface area contributed by atoms with Gasteiger partial charge in [0.2, 0.25) is 5.91 Å². The number of anilines is 1. The molecule has 37 heavy (non-hydrogen) atoms. The molecule has 1 atom stereocenters. The van der Waals surface area contributed by atoms with Crippen LogP contribution >= 0.6 is 0 Å². The zero-order chi connectivity index (χ0) is 27.8. The van der Waals surface area contributed by atoms with Gasteiger partial charge in [0.05, 0.1) is 0 Å². The van der Waals surface area contributed by atoms with Crippen molar-refractivity contribution in [1.82, 2.24) is 10.2 Å². The Morgan fingerprint density at radius 1 is 0.946 bits per heavy atom. The Morgan fingerprint density at radius 3 is 2.16 bits per heavy atom. The Kier molecular flexibility index (Phi) is 10.7. The number of carbonyl (C=O) groups excluding carboxylic acids is 3. The average molecular weight is 510 g/mol. The molecule has 0 fully saturated rings. The average Bonchev–Trinajstić information content (AvgIpc) is 2.79. The number of para-hydroxylation sites is 1. The number of unbranched alkanes of at least 4 members (excludes halogenated alkanes) is 2. The molecule has 0 aliphatic carbocycles. The topological polar surface area (TPSA) is 87.7 Å². The van der Waals surface area contributed by atoms with E-state index >= 15 is 0 Å². The number of carbonyl (C=O) groups is 3. The first kappa shape index (κ1) is 29.9. The number of alkyl carbamates (subject to hydrolysis) is 1. The van der Waals surface area contributed by atoms with Gasteiger partial charge < -0.3 is 20.3 Å². The van der Waals surface area contributed by atoms with Crippen molar-refractivity contribution < 1.29 is 19.1 Å². The van der Waals surface area contributed by atoms with Crippen LogP contribution in [0.2, 0.25) is 0 Å². The van der Waals surface area contributed by atoms with E-state index in [2.05, 4.69) is 17.6 Å². The molecule has 3 amide bonds. The van der Waals surface area contributed by atoms with Gasteiger partial charge in [-0.15, -0.1) is 0 Å². The van der Waals surface area contributed by atoms with Crippen LogP contribution in [0.4, 0.5) is 10.5 Å². The van der Waals surface area contributed by atoms with E-state index in [0.717, 1.165) is 52.8 Å². The monoisotopic (exact) mass is 509 g/mol. The highest BCUT2D eigenvalue weighted by Crippen LogP contribution is 2.29. The van der Waals surface area contributed by atoms with Gasteiger partial charge in [0, 0.05) is 12.2 Å². The first-order valence-corrected chi connectivity index (χ1v) is 13.0. The van der Waals surface area contributed by atoms with Gasteiger partial charge in [-0.2, -0.15) is 0 Å². The van der Waals surface area contributed by atoms with E-state index in [9.17, 15) is 14.4 Å². The molecular formula is C30H43N3O4. The van der Waals surface area contributed by atoms with Gasteiger partial charge in [0.1, 0.15) is 18.2 Å². The number of hydrogen-bond acceptors (Lipinski definition) is 4. The smallest absolute Gasteiger partial charge is 0.408 e. The quantitative estimate of drug-likeness (QED) is 0.376. The minimum Gasteiger partial charge on any atom is -0.444 e. The lowest BCUT2D eigenvalue weighted by Gasteiger charge is -2.33. The number of benzene rings is 2. The van der Waals surface area contributed by atoms with E-state index in [1.807, 2.05) is 64.1 Å². The molecule has 0 aliphatic heterocycles. The van der Waals surface area contributed by atoms with E-state index in [4.69, 9.17) is 4.74 Å². The molecule has 0 aliphatic rings. The van der Waals surface area contributed by atoms with Crippen LogP contribution in [0.3, 0.4) is 0 Å². The van der Waals surface area contributed by atoms with E-state index in [1.165, 1.54) is 0 Å². The summed E-state index contributed by atoms with van der Waals surface area (Å²) in [5, 5.41) is 5.66. The lowest BCUT2D eigenvalue weighted by molar-refractivity contribution is -0.138. The first-order valence-electron chi connectivity index (χ1n) is 13.0. The van der Waals surface area contributed by atoms with Gasteiger partial charge >= 0.3 is 6.09 Å². The van der Waals surface area contributed by atoms with E-state index in [1.54, 1.807) is 25.7 Å². The molecule has 202 valence electrons. The Bertz CT molecular complexity index is 1080. The van der Waals surface area contributed by atoms with Crippen LogP contribution < -0.4 is 10.6 Å². The molecule has 0 radical (unpaired) electrons. The van der Waals surface area contributed by atoms with Crippen LogP contribution in [0.1, 0.15) is 80.8 Å². The molecular weight excluding hydrogens is 466 g/mol. The van der Waals surface area contributed by atoms with Gasteiger partial charge in [0.25, 0.3) is 5.91 Å². The van der Waals surface area contributed by atoms with Crippen molar-refractivity contribution in [2.45, 2.75) is 86.3 Å². The molecule has 0 saturated heterocycles. The van der Waals surface area contributed by atoms with Gasteiger partial charge in [-0.25, -0.2) is 4.79 Å². The van der Waals surface area contributed by atoms with Crippen LogP contribution in [0, 0.1) is 27.7 Å². The fourth-order valence-corrected chi connectivity index (χ4v) is 4.28. The van der Waals surface area contributed by atoms with Crippen molar-refractivity contribution in [2.24, 2.45) is 0 Å². The molecule has 2 N–H and O–H groups in total. The third-order valence-corrected chi connectivity index (χ3v) is 6.11. The SMILES string of the molecule is CCCCCN(C(=O)CNC(=O)OC(C)(C)C)C(C(=O)Nc1c(C)cccc1C)c1ccc(C)cc1C. The van der Waals surface area contributed by atoms with Gasteiger partial charge in [-0.05, 0) is 77.1 Å². The number of aryl methyl sites for hydroxylation is 4. The fraction of sp³-hybridized carbons (Fsp3) is 0.500. The second kappa shape index (κ2) is 13.3. The standard InChI is InChI=1S/C30H43N3O4/c1-9-10-11-17-33(25(34)19-31-29(36)37-30(6,7)8)27(24-16-15-20(2)18-23(24)5)28(35)32-26-21(3)13-12-14-22(26)4/h12-16,18,27H,9-11,17,19H2,1-8H3,(H,31,36)(H,32,35). The van der Waals surface area contributed by atoms with Crippen molar-refractivity contribution in [3.05, 3.63) is 64.2 Å². The fourth-order valence-electron chi connectivity index (χ4n) is 4.28. The summed E-state index contributed by atoms with van der Waals surface area (Å²) in [7, 11) is 0. The Morgan fingerprint density at radius 2 is 1.59 bits per heavy atom. The van der Waals surface area contributed by atoms with Gasteiger partial charge in [-0.1, -0.05) is 61.7 Å². The highest BCUT2D eigenvalue weighted by molar-refractivity contribution is 5.99. The predicted molar refractivity (Wildman–Crippen MR) is 149 cm³/mol. The molecule has 0 heterocycles. The van der Waals surface area contributed by atoms with Crippen LogP contribution in [0.25, 0.3) is 0 Å². The summed E-state index contributed by atoms with van der Waals surface area (Å²) in [6, 6.07) is 10.9. The highest BCUT2D eigenvalue weighted by Gasteiger charge is 2.33. The number of amides is 3. The molecule has 1 unspecified atom stereocenters. The largest absolute Gasteiger partial charge is 0.444 e. The van der Waals surface area contributed by atoms with Crippen LogP contribution in [0.15, 0.2) is 36.4 Å². The van der Waals surface area contributed by atoms with Crippen molar-refractivity contribution in [3.63, 3.8) is 0 Å². The van der Waals surface area contributed by atoms with Gasteiger partial charge in [-0.3, -0.25) is 9.59 Å². The normalized spacial score (nSPS) is 12.0. The number of rotatable bonds is 10. The summed E-state index contributed by atoms with van der Waals surface area (Å²) in [6.07, 6.45) is 1.97. The summed E-state index contributed by atoms with van der Waals surface area (Å²) in [5.74, 6) is -0.630. The minimum atomic E-state index is -0.857. The molecule has 2 aromatic carbocycles. The number of ether oxygens (including phenoxy) is 1. The maximum atomic E-state index is 13.9. The number of hydrogen-bond donors (Lipinski definition) is 2. The number of nitrogens with one attached hydrogen (secondary N) is 2. The van der Waals surface area contributed by atoms with E-state index < -0.39 is 17.7 Å². The third kappa shape index (κ3) is 8.92. The van der Waals surface area contributed by atoms with Gasteiger partial charge in [0.15, 0.2) is 0 Å². The second-order valence-corrected chi connectivity index (χ2v) is 10.7. The van der Waals surface area contributed by atoms with E-state index in [-0.39, 0.29) is 18.4 Å². The Labute approximate surface area is 222 Å². The summed E-state index contributed by atoms with van der Waals surface area (Å²) in [6.45, 7) is 15.4. The van der Waals surface area contributed by atoms with Crippen LogP contribution in [-0.4, -0.2) is 41.5 Å². The molecule has 7 nitrogen and oxygen atoms in total. The summed E-state index contributed by atoms with van der Waals surface area (Å²) in [4.78, 5) is 41.3. The maximum Gasteiger partial charge on any atom is 0.408 e. The minimum absolute atomic E-state index is 0.265. The van der Waals surface area contributed by atoms with Crippen LogP contribution in [-0.2, 0) is 14.3 Å². The van der Waals surface area contributed by atoms with Crippen molar-refractivity contribution in [1.29, 1.82) is 0 Å². The Hall–Kier alpha value is -3.35. The molecule has 7 heteroatoms. The summed E-state index contributed by atoms with van der Waals surface area (Å²) >= 11 is 0. The third-order valence-electron chi connectivity index (χ3n) is 6.11. The molecule has 0 aromatic heterocycles. The molecule has 0 saturated carbocycles. The zero-order valence-corrected chi connectivity index (χ0v) is 23.7. The second-order valence-electron chi connectivity index (χ2n) is 10.7. The summed E-state index contributed by atoms with van der Waals surface area (Å²) < 4.78 is 5.30. The lowest BCUT2D eigenvalue weighted by Crippen LogP contribution is -2.47. The van der Waals surface area contributed by atoms with Crippen molar-refractivity contribution in [2.75, 3.05) is 18.4 Å².